The third kappa shape index (κ3) is 4.31. The van der Waals surface area contributed by atoms with E-state index in [2.05, 4.69) is 4.98 Å². The van der Waals surface area contributed by atoms with Gasteiger partial charge in [0.05, 0.1) is 25.8 Å². The van der Waals surface area contributed by atoms with Crippen molar-refractivity contribution in [2.24, 2.45) is 0 Å². The third-order valence-corrected chi connectivity index (χ3v) is 6.38. The number of rotatable bonds is 6. The number of aromatic nitrogens is 1. The molecule has 4 aromatic rings. The second kappa shape index (κ2) is 9.99. The van der Waals surface area contributed by atoms with E-state index in [4.69, 9.17) is 9.47 Å². The molecule has 1 saturated heterocycles. The number of ketones is 1. The Labute approximate surface area is 214 Å². The largest absolute Gasteiger partial charge is 0.507 e. The van der Waals surface area contributed by atoms with Crippen molar-refractivity contribution in [1.82, 2.24) is 4.98 Å². The number of hydrogen-bond donors (Lipinski definition) is 1. The van der Waals surface area contributed by atoms with Crippen molar-refractivity contribution in [2.45, 2.75) is 6.04 Å². The zero-order chi connectivity index (χ0) is 25.9. The zero-order valence-electron chi connectivity index (χ0n) is 20.3. The first-order valence-electron chi connectivity index (χ1n) is 11.6. The Kier molecular flexibility index (Phi) is 6.43. The highest BCUT2D eigenvalue weighted by atomic mass is 16.5. The van der Waals surface area contributed by atoms with Crippen LogP contribution in [0.1, 0.15) is 17.2 Å². The molecule has 1 aliphatic heterocycles. The first kappa shape index (κ1) is 23.8. The highest BCUT2D eigenvalue weighted by Crippen LogP contribution is 2.45. The van der Waals surface area contributed by atoms with Crippen LogP contribution in [0.5, 0.6) is 11.5 Å². The Morgan fingerprint density at radius 1 is 0.838 bits per heavy atom. The topological polar surface area (TPSA) is 89.0 Å². The maximum absolute atomic E-state index is 13.5. The van der Waals surface area contributed by atoms with E-state index in [1.165, 1.54) is 12.0 Å². The molecule has 1 N–H and O–H groups in total. The minimum Gasteiger partial charge on any atom is -0.507 e. The van der Waals surface area contributed by atoms with Crippen LogP contribution in [0.15, 0.2) is 103 Å². The van der Waals surface area contributed by atoms with Crippen molar-refractivity contribution in [3.8, 4) is 22.6 Å². The summed E-state index contributed by atoms with van der Waals surface area (Å²) in [5, 5.41) is 11.3. The molecule has 1 atom stereocenters. The van der Waals surface area contributed by atoms with E-state index in [1.54, 1.807) is 80.2 Å². The molecule has 1 unspecified atom stereocenters. The Morgan fingerprint density at radius 2 is 1.57 bits per heavy atom. The van der Waals surface area contributed by atoms with Gasteiger partial charge in [-0.05, 0) is 59.7 Å². The number of methoxy groups -OCH3 is 2. The van der Waals surface area contributed by atoms with Crippen molar-refractivity contribution in [2.75, 3.05) is 19.1 Å². The van der Waals surface area contributed by atoms with Crippen LogP contribution < -0.4 is 14.4 Å². The lowest BCUT2D eigenvalue weighted by molar-refractivity contribution is -0.132. The molecule has 0 spiro atoms. The van der Waals surface area contributed by atoms with Crippen LogP contribution in [0.3, 0.4) is 0 Å². The van der Waals surface area contributed by atoms with Crippen LogP contribution in [0, 0.1) is 0 Å². The smallest absolute Gasteiger partial charge is 0.300 e. The number of hydrogen-bond acceptors (Lipinski definition) is 6. The van der Waals surface area contributed by atoms with Gasteiger partial charge in [0.15, 0.2) is 0 Å². The predicted molar refractivity (Wildman–Crippen MR) is 140 cm³/mol. The van der Waals surface area contributed by atoms with Crippen LogP contribution >= 0.6 is 0 Å². The van der Waals surface area contributed by atoms with E-state index in [0.29, 0.717) is 28.3 Å². The molecule has 37 heavy (non-hydrogen) atoms. The normalized spacial score (nSPS) is 16.6. The molecular weight excluding hydrogens is 468 g/mol. The van der Waals surface area contributed by atoms with Crippen molar-refractivity contribution in [3.05, 3.63) is 114 Å². The number of amides is 1. The Bertz CT molecular complexity index is 1480. The molecule has 1 fully saturated rings. The van der Waals surface area contributed by atoms with Gasteiger partial charge in [0.2, 0.25) is 0 Å². The third-order valence-electron chi connectivity index (χ3n) is 6.38. The van der Waals surface area contributed by atoms with Crippen LogP contribution in [-0.2, 0) is 9.59 Å². The molecule has 7 nitrogen and oxygen atoms in total. The molecular formula is C30H24N2O5. The highest BCUT2D eigenvalue weighted by Gasteiger charge is 2.47. The molecule has 5 rings (SSSR count). The minimum absolute atomic E-state index is 0.0176. The summed E-state index contributed by atoms with van der Waals surface area (Å²) in [5.74, 6) is -0.689. The molecule has 0 saturated carbocycles. The molecule has 3 aromatic carbocycles. The average molecular weight is 493 g/mol. The number of aliphatic hydroxyl groups excluding tert-OH is 1. The highest BCUT2D eigenvalue weighted by molar-refractivity contribution is 6.51. The summed E-state index contributed by atoms with van der Waals surface area (Å²) in [6, 6.07) is 24.0. The van der Waals surface area contributed by atoms with E-state index in [9.17, 15) is 14.7 Å². The van der Waals surface area contributed by atoms with E-state index in [-0.39, 0.29) is 11.3 Å². The van der Waals surface area contributed by atoms with Gasteiger partial charge in [0.1, 0.15) is 17.3 Å². The van der Waals surface area contributed by atoms with Gasteiger partial charge in [-0.1, -0.05) is 36.4 Å². The molecule has 0 aliphatic carbocycles. The van der Waals surface area contributed by atoms with Gasteiger partial charge in [0, 0.05) is 29.2 Å². The summed E-state index contributed by atoms with van der Waals surface area (Å²) in [7, 11) is 3.07. The summed E-state index contributed by atoms with van der Waals surface area (Å²) in [6.07, 6.45) is 3.46. The molecule has 184 valence electrons. The summed E-state index contributed by atoms with van der Waals surface area (Å²) in [4.78, 5) is 32.4. The monoisotopic (exact) mass is 492 g/mol. The maximum Gasteiger partial charge on any atom is 0.300 e. The lowest BCUT2D eigenvalue weighted by Gasteiger charge is -2.26. The molecule has 1 aliphatic rings. The first-order chi connectivity index (χ1) is 18.0. The molecule has 1 aromatic heterocycles. The Morgan fingerprint density at radius 3 is 2.22 bits per heavy atom. The zero-order valence-corrected chi connectivity index (χ0v) is 20.3. The summed E-state index contributed by atoms with van der Waals surface area (Å²) in [5.41, 5.74) is 3.31. The summed E-state index contributed by atoms with van der Waals surface area (Å²) < 4.78 is 10.8. The van der Waals surface area contributed by atoms with E-state index < -0.39 is 17.7 Å². The van der Waals surface area contributed by atoms with Gasteiger partial charge in [-0.15, -0.1) is 0 Å². The van der Waals surface area contributed by atoms with Crippen molar-refractivity contribution in [3.63, 3.8) is 0 Å². The van der Waals surface area contributed by atoms with Gasteiger partial charge in [0.25, 0.3) is 11.7 Å². The van der Waals surface area contributed by atoms with E-state index in [0.717, 1.165) is 11.1 Å². The number of benzene rings is 3. The number of pyridine rings is 1. The van der Waals surface area contributed by atoms with Crippen LogP contribution in [-0.4, -0.2) is 36.0 Å². The van der Waals surface area contributed by atoms with Crippen LogP contribution in [0.2, 0.25) is 0 Å². The fraction of sp³-hybridized carbons (Fsp3) is 0.100. The fourth-order valence-electron chi connectivity index (χ4n) is 4.54. The lowest BCUT2D eigenvalue weighted by Crippen LogP contribution is -2.29. The number of carbonyl (C=O) groups is 2. The first-order valence-corrected chi connectivity index (χ1v) is 11.6. The second-order valence-corrected chi connectivity index (χ2v) is 8.43. The standard InChI is InChI=1S/C30H24N2O5/c1-36-23-15-11-20(12-16-23)28(33)26-27(24-7-3-4-8-25(24)37-2)32(30(35)29(26)34)22-13-9-19(10-14-22)21-6-5-17-31-18-21/h3-18,27,33H,1-2H3. The van der Waals surface area contributed by atoms with Crippen LogP contribution in [0.4, 0.5) is 5.69 Å². The molecule has 2 heterocycles. The molecule has 0 bridgehead atoms. The van der Waals surface area contributed by atoms with Gasteiger partial charge in [-0.25, -0.2) is 0 Å². The van der Waals surface area contributed by atoms with Gasteiger partial charge >= 0.3 is 0 Å². The number of aliphatic hydroxyl groups is 1. The Balaban J connectivity index is 1.66. The number of carbonyl (C=O) groups excluding carboxylic acids is 2. The SMILES string of the molecule is COc1ccc(C(O)=C2C(=O)C(=O)N(c3ccc(-c4cccnc4)cc3)C2c2ccccc2OC)cc1. The molecule has 7 heteroatoms. The molecule has 0 radical (unpaired) electrons. The Hall–Kier alpha value is -4.91. The summed E-state index contributed by atoms with van der Waals surface area (Å²) in [6.45, 7) is 0. The number of Topliss-reactive ketones (excluding diaryl/α,β-unsaturated/α-hetero) is 1. The van der Waals surface area contributed by atoms with Crippen molar-refractivity contribution >= 4 is 23.1 Å². The van der Waals surface area contributed by atoms with Gasteiger partial charge in [-0.2, -0.15) is 0 Å². The van der Waals surface area contributed by atoms with Crippen LogP contribution in [0.25, 0.3) is 16.9 Å². The predicted octanol–water partition coefficient (Wildman–Crippen LogP) is 5.39. The number of nitrogens with zero attached hydrogens (tertiary/aromatic N) is 2. The lowest BCUT2D eigenvalue weighted by atomic mass is 9.94. The van der Waals surface area contributed by atoms with Crippen molar-refractivity contribution in [1.29, 1.82) is 0 Å². The van der Waals surface area contributed by atoms with Crippen molar-refractivity contribution < 1.29 is 24.2 Å². The summed E-state index contributed by atoms with van der Waals surface area (Å²) >= 11 is 0. The van der Waals surface area contributed by atoms with E-state index >= 15 is 0 Å². The second-order valence-electron chi connectivity index (χ2n) is 8.43. The van der Waals surface area contributed by atoms with Gasteiger partial charge in [-0.3, -0.25) is 19.5 Å². The average Bonchev–Trinajstić information content (AvgIpc) is 3.23. The number of para-hydroxylation sites is 1. The minimum atomic E-state index is -0.900. The number of anilines is 1. The quantitative estimate of drug-likeness (QED) is 0.221. The van der Waals surface area contributed by atoms with E-state index in [1.807, 2.05) is 24.3 Å². The number of ether oxygens (including phenoxy) is 2. The van der Waals surface area contributed by atoms with Gasteiger partial charge < -0.3 is 14.6 Å². The maximum atomic E-state index is 13.5. The molecule has 1 amide bonds. The fourth-order valence-corrected chi connectivity index (χ4v) is 4.54.